The summed E-state index contributed by atoms with van der Waals surface area (Å²) in [6.45, 7) is 2.65. The van der Waals surface area contributed by atoms with Crippen LogP contribution in [0, 0.1) is 0 Å². The molecule has 0 radical (unpaired) electrons. The van der Waals surface area contributed by atoms with Gasteiger partial charge in [-0.1, -0.05) is 50.5 Å². The Morgan fingerprint density at radius 1 is 0.634 bits per heavy atom. The molecule has 0 aliphatic heterocycles. The number of benzene rings is 2. The topological polar surface area (TPSA) is 249 Å². The molecule has 0 unspecified atom stereocenters. The van der Waals surface area contributed by atoms with Crippen molar-refractivity contribution in [3.8, 4) is 11.5 Å². The molecular weight excluding hydrogens is 624 g/mol. The van der Waals surface area contributed by atoms with Crippen LogP contribution in [0.5, 0.6) is 11.5 Å². The number of hydrogen-bond acceptors (Lipinski definition) is 6. The summed E-state index contributed by atoms with van der Waals surface area (Å²) < 4.78 is 55.3. The molecule has 2 rings (SSSR count). The predicted molar refractivity (Wildman–Crippen MR) is 152 cm³/mol. The molecule has 0 saturated carbocycles. The average Bonchev–Trinajstić information content (AvgIpc) is 2.84. The molecule has 2 aromatic rings. The lowest BCUT2D eigenvalue weighted by molar-refractivity contribution is 0.304. The van der Waals surface area contributed by atoms with Gasteiger partial charge in [-0.3, -0.25) is 18.3 Å². The van der Waals surface area contributed by atoms with E-state index in [1.54, 1.807) is 36.4 Å². The number of methoxy groups -OCH3 is 1. The third-order valence-corrected chi connectivity index (χ3v) is 13.1. The highest BCUT2D eigenvalue weighted by Crippen LogP contribution is 2.61. The third-order valence-electron chi connectivity index (χ3n) is 5.69. The van der Waals surface area contributed by atoms with E-state index in [0.29, 0.717) is 29.2 Å². The van der Waals surface area contributed by atoms with Crippen LogP contribution in [0.25, 0.3) is 0 Å². The molecule has 2 aromatic carbocycles. The first kappa shape index (κ1) is 37.7. The number of hydrogen-bond donors (Lipinski definition) is 8. The van der Waals surface area contributed by atoms with Crippen LogP contribution in [0.15, 0.2) is 48.5 Å². The Labute approximate surface area is 238 Å². The van der Waals surface area contributed by atoms with E-state index in [1.165, 1.54) is 19.2 Å². The SMILES string of the molecule is CCCCCCOc1cccc(CC(P(=O)(O)O)P(=O)(O)O)c1.COc1cccc(CC(P(=O)(O)O)P(=O)(O)O)c1. The van der Waals surface area contributed by atoms with Crippen LogP contribution < -0.4 is 9.47 Å². The van der Waals surface area contributed by atoms with E-state index in [1.807, 2.05) is 0 Å². The van der Waals surface area contributed by atoms with Crippen LogP contribution >= 0.6 is 30.4 Å². The third kappa shape index (κ3) is 14.6. The van der Waals surface area contributed by atoms with Gasteiger partial charge in [0.25, 0.3) is 0 Å². The molecular formula is C23H38O14P4. The molecule has 14 nitrogen and oxygen atoms in total. The summed E-state index contributed by atoms with van der Waals surface area (Å²) in [4.78, 5) is 72.6. The maximum absolute atomic E-state index is 11.3. The fourth-order valence-corrected chi connectivity index (χ4v) is 8.50. The Morgan fingerprint density at radius 2 is 1.05 bits per heavy atom. The highest BCUT2D eigenvalue weighted by atomic mass is 31.2. The molecule has 18 heteroatoms. The van der Waals surface area contributed by atoms with Crippen molar-refractivity contribution in [3.63, 3.8) is 0 Å². The molecule has 0 aliphatic carbocycles. The second kappa shape index (κ2) is 16.5. The van der Waals surface area contributed by atoms with Gasteiger partial charge in [0.2, 0.25) is 0 Å². The number of rotatable bonds is 15. The standard InChI is InChI=1S/C14H24O7P2.C9H14O7P2/c1-2-3-4-5-9-21-13-8-6-7-12(10-13)11-14(22(15,16)17)23(18,19)20;1-16-8-4-2-3-7(5-8)6-9(17(10,11)12)18(13,14)15/h6-8,10,14H,2-5,9,11H2,1H3,(H2,15,16,17)(H2,18,19,20);2-5,9H,6H2,1H3,(H2,10,11,12)(H2,13,14,15). The van der Waals surface area contributed by atoms with E-state index in [-0.39, 0.29) is 0 Å². The lowest BCUT2D eigenvalue weighted by Gasteiger charge is -2.19. The van der Waals surface area contributed by atoms with Crippen molar-refractivity contribution < 1.29 is 66.9 Å². The smallest absolute Gasteiger partial charge is 0.341 e. The lowest BCUT2D eigenvalue weighted by Crippen LogP contribution is -2.12. The van der Waals surface area contributed by atoms with Crippen molar-refractivity contribution in [1.82, 2.24) is 0 Å². The minimum atomic E-state index is -4.92. The zero-order valence-electron chi connectivity index (χ0n) is 22.5. The van der Waals surface area contributed by atoms with Crippen molar-refractivity contribution >= 4 is 30.4 Å². The van der Waals surface area contributed by atoms with Gasteiger partial charge in [-0.25, -0.2) is 0 Å². The van der Waals surface area contributed by atoms with Gasteiger partial charge in [0.05, 0.1) is 13.7 Å². The Morgan fingerprint density at radius 3 is 1.44 bits per heavy atom. The summed E-state index contributed by atoms with van der Waals surface area (Å²) in [5, 5.41) is -4.06. The highest BCUT2D eigenvalue weighted by Gasteiger charge is 2.44. The monoisotopic (exact) mass is 662 g/mol. The van der Waals surface area contributed by atoms with Crippen molar-refractivity contribution in [1.29, 1.82) is 0 Å². The van der Waals surface area contributed by atoms with Gasteiger partial charge in [-0.05, 0) is 54.7 Å². The summed E-state index contributed by atoms with van der Waals surface area (Å²) in [6, 6.07) is 12.6. The van der Waals surface area contributed by atoms with E-state index in [9.17, 15) is 18.3 Å². The fourth-order valence-electron chi connectivity index (χ4n) is 3.57. The highest BCUT2D eigenvalue weighted by molar-refractivity contribution is 7.71. The molecule has 0 aliphatic rings. The van der Waals surface area contributed by atoms with Crippen molar-refractivity contribution in [3.05, 3.63) is 59.7 Å². The number of ether oxygens (including phenoxy) is 2. The van der Waals surface area contributed by atoms with E-state index in [2.05, 4.69) is 6.92 Å². The summed E-state index contributed by atoms with van der Waals surface area (Å²) in [5.41, 5.74) is 0.790. The van der Waals surface area contributed by atoms with Crippen molar-refractivity contribution in [2.75, 3.05) is 13.7 Å². The maximum atomic E-state index is 11.3. The van der Waals surface area contributed by atoms with Crippen molar-refractivity contribution in [2.45, 2.75) is 56.2 Å². The van der Waals surface area contributed by atoms with Gasteiger partial charge >= 0.3 is 30.4 Å². The van der Waals surface area contributed by atoms with Gasteiger partial charge in [0.1, 0.15) is 11.5 Å². The first-order valence-electron chi connectivity index (χ1n) is 12.3. The zero-order valence-corrected chi connectivity index (χ0v) is 26.1. The quantitative estimate of drug-likeness (QED) is 0.0999. The zero-order chi connectivity index (χ0) is 31.5. The van der Waals surface area contributed by atoms with Crippen LogP contribution in [0.3, 0.4) is 0 Å². The van der Waals surface area contributed by atoms with Gasteiger partial charge in [-0.15, -0.1) is 0 Å². The first-order valence-corrected chi connectivity index (χ1v) is 19.1. The van der Waals surface area contributed by atoms with E-state index < -0.39 is 54.0 Å². The van der Waals surface area contributed by atoms with E-state index in [0.717, 1.165) is 25.7 Å². The van der Waals surface area contributed by atoms with Gasteiger partial charge < -0.3 is 48.6 Å². The largest absolute Gasteiger partial charge is 0.497 e. The lowest BCUT2D eigenvalue weighted by atomic mass is 10.1. The molecule has 234 valence electrons. The van der Waals surface area contributed by atoms with E-state index >= 15 is 0 Å². The number of unbranched alkanes of at least 4 members (excludes halogenated alkanes) is 3. The molecule has 0 amide bonds. The minimum Gasteiger partial charge on any atom is -0.497 e. The van der Waals surface area contributed by atoms with Crippen LogP contribution in [-0.4, -0.2) is 63.7 Å². The van der Waals surface area contributed by atoms with Crippen LogP contribution in [-0.2, 0) is 31.1 Å². The second-order valence-electron chi connectivity index (χ2n) is 9.13. The summed E-state index contributed by atoms with van der Waals surface area (Å²) in [7, 11) is -18.2. The van der Waals surface area contributed by atoms with E-state index in [4.69, 9.17) is 48.6 Å². The molecule has 0 saturated heterocycles. The predicted octanol–water partition coefficient (Wildman–Crippen LogP) is 3.79. The fraction of sp³-hybridized carbons (Fsp3) is 0.478. The minimum absolute atomic E-state index is 0.381. The molecule has 0 atom stereocenters. The van der Waals surface area contributed by atoms with Crippen LogP contribution in [0.2, 0.25) is 0 Å². The molecule has 8 N–H and O–H groups in total. The molecule has 0 bridgehead atoms. The molecule has 0 fully saturated rings. The molecule has 41 heavy (non-hydrogen) atoms. The second-order valence-corrected chi connectivity index (χ2v) is 17.2. The Kier molecular flexibility index (Phi) is 15.1. The summed E-state index contributed by atoms with van der Waals surface area (Å²) in [5.74, 6) is 0.969. The summed E-state index contributed by atoms with van der Waals surface area (Å²) >= 11 is 0. The molecule has 0 heterocycles. The Hall–Kier alpha value is -1.36. The Bertz CT molecular complexity index is 1230. The maximum Gasteiger partial charge on any atom is 0.341 e. The molecule has 0 spiro atoms. The van der Waals surface area contributed by atoms with Gasteiger partial charge in [0, 0.05) is 0 Å². The Balaban J connectivity index is 0.000000422. The van der Waals surface area contributed by atoms with Crippen LogP contribution in [0.1, 0.15) is 43.7 Å². The first-order chi connectivity index (χ1) is 18.8. The summed E-state index contributed by atoms with van der Waals surface area (Å²) in [6.07, 6.45) is 3.39. The van der Waals surface area contributed by atoms with Gasteiger partial charge in [0.15, 0.2) is 10.8 Å². The molecule has 0 aromatic heterocycles. The van der Waals surface area contributed by atoms with Gasteiger partial charge in [-0.2, -0.15) is 0 Å². The normalized spacial score (nSPS) is 12.7. The van der Waals surface area contributed by atoms with Crippen LogP contribution in [0.4, 0.5) is 0 Å². The van der Waals surface area contributed by atoms with Crippen molar-refractivity contribution in [2.24, 2.45) is 0 Å². The average molecular weight is 662 g/mol.